The molecule has 1 fully saturated rings. The van der Waals surface area contributed by atoms with E-state index >= 15 is 0 Å². The number of likely N-dealkylation sites (tertiary alicyclic amines) is 1. The van der Waals surface area contributed by atoms with Crippen molar-refractivity contribution in [1.29, 1.82) is 0 Å². The summed E-state index contributed by atoms with van der Waals surface area (Å²) in [6.45, 7) is 10.4. The van der Waals surface area contributed by atoms with Crippen LogP contribution < -0.4 is 10.6 Å². The van der Waals surface area contributed by atoms with Gasteiger partial charge >= 0.3 is 0 Å². The van der Waals surface area contributed by atoms with E-state index in [1.165, 1.54) is 17.7 Å². The molecule has 160 valence electrons. The zero-order valence-corrected chi connectivity index (χ0v) is 20.7. The van der Waals surface area contributed by atoms with Gasteiger partial charge in [-0.15, -0.1) is 35.7 Å². The highest BCUT2D eigenvalue weighted by Gasteiger charge is 2.19. The Morgan fingerprint density at radius 2 is 2.00 bits per heavy atom. The zero-order chi connectivity index (χ0) is 19.3. The van der Waals surface area contributed by atoms with Crippen molar-refractivity contribution in [2.24, 2.45) is 4.99 Å². The number of thioether (sulfide) groups is 1. The van der Waals surface area contributed by atoms with Gasteiger partial charge in [-0.25, -0.2) is 0 Å². The molecule has 0 aromatic heterocycles. The van der Waals surface area contributed by atoms with Crippen LogP contribution in [-0.2, 0) is 4.74 Å². The Morgan fingerprint density at radius 3 is 2.64 bits per heavy atom. The maximum atomic E-state index is 5.15. The second kappa shape index (κ2) is 15.3. The third-order valence-corrected chi connectivity index (χ3v) is 5.78. The van der Waals surface area contributed by atoms with Crippen LogP contribution >= 0.6 is 35.7 Å². The second-order valence-electron chi connectivity index (χ2n) is 7.07. The van der Waals surface area contributed by atoms with Gasteiger partial charge < -0.3 is 20.3 Å². The monoisotopic (exact) mass is 520 g/mol. The molecular formula is C21H37IN4OS. The minimum Gasteiger partial charge on any atom is -0.385 e. The Bertz CT molecular complexity index is 538. The van der Waals surface area contributed by atoms with Crippen molar-refractivity contribution in [3.8, 4) is 0 Å². The van der Waals surface area contributed by atoms with E-state index in [-0.39, 0.29) is 24.0 Å². The first-order chi connectivity index (χ1) is 13.2. The molecule has 0 saturated carbocycles. The molecule has 1 aliphatic heterocycles. The zero-order valence-electron chi connectivity index (χ0n) is 17.5. The lowest BCUT2D eigenvalue weighted by Crippen LogP contribution is -2.49. The van der Waals surface area contributed by atoms with Crippen LogP contribution in [0, 0.1) is 0 Å². The lowest BCUT2D eigenvalue weighted by atomic mass is 10.1. The highest BCUT2D eigenvalue weighted by molar-refractivity contribution is 14.0. The Kier molecular flexibility index (Phi) is 14.0. The number of benzene rings is 1. The number of nitrogens with one attached hydrogen (secondary N) is 2. The minimum atomic E-state index is 0. The number of hydrogen-bond acceptors (Lipinski definition) is 4. The average Bonchev–Trinajstić information content (AvgIpc) is 2.69. The number of aliphatic imine (C=N–C) groups is 1. The van der Waals surface area contributed by atoms with Gasteiger partial charge in [0.25, 0.3) is 0 Å². The van der Waals surface area contributed by atoms with E-state index in [0.717, 1.165) is 51.7 Å². The molecule has 0 bridgehead atoms. The Labute approximate surface area is 192 Å². The third-order valence-electron chi connectivity index (χ3n) is 4.68. The predicted octanol–water partition coefficient (Wildman–Crippen LogP) is 3.84. The largest absolute Gasteiger partial charge is 0.385 e. The van der Waals surface area contributed by atoms with E-state index in [4.69, 9.17) is 9.73 Å². The summed E-state index contributed by atoms with van der Waals surface area (Å²) in [5, 5.41) is 7.49. The topological polar surface area (TPSA) is 48.9 Å². The molecule has 1 atom stereocenters. The Balaban J connectivity index is 0.00000392. The molecule has 1 heterocycles. The summed E-state index contributed by atoms with van der Waals surface area (Å²) in [6, 6.07) is 11.1. The summed E-state index contributed by atoms with van der Waals surface area (Å²) >= 11 is 1.88. The molecule has 1 aliphatic rings. The van der Waals surface area contributed by atoms with Crippen LogP contribution in [0.1, 0.15) is 33.1 Å². The molecule has 1 aromatic carbocycles. The number of piperidine rings is 1. The van der Waals surface area contributed by atoms with E-state index in [1.807, 2.05) is 11.8 Å². The molecule has 1 unspecified atom stereocenters. The van der Waals surface area contributed by atoms with E-state index in [0.29, 0.717) is 11.3 Å². The van der Waals surface area contributed by atoms with Crippen molar-refractivity contribution in [3.05, 3.63) is 30.3 Å². The lowest BCUT2D eigenvalue weighted by molar-refractivity contribution is 0.155. The second-order valence-corrected chi connectivity index (χ2v) is 8.58. The first-order valence-corrected chi connectivity index (χ1v) is 11.1. The summed E-state index contributed by atoms with van der Waals surface area (Å²) < 4.78 is 5.15. The smallest absolute Gasteiger partial charge is 0.191 e. The summed E-state index contributed by atoms with van der Waals surface area (Å²) in [5.41, 5.74) is 0. The summed E-state index contributed by atoms with van der Waals surface area (Å²) in [5.74, 6) is 0.954. The van der Waals surface area contributed by atoms with Gasteiger partial charge in [0.05, 0.1) is 6.54 Å². The summed E-state index contributed by atoms with van der Waals surface area (Å²) in [6.07, 6.45) is 3.47. The first kappa shape index (κ1) is 25.5. The van der Waals surface area contributed by atoms with Gasteiger partial charge in [0.2, 0.25) is 0 Å². The van der Waals surface area contributed by atoms with Gasteiger partial charge in [-0.3, -0.25) is 4.99 Å². The number of nitrogens with zero attached hydrogens (tertiary/aromatic N) is 2. The normalized spacial score (nSPS) is 17.0. The number of rotatable bonds is 10. The van der Waals surface area contributed by atoms with Gasteiger partial charge in [-0.05, 0) is 38.3 Å². The Morgan fingerprint density at radius 1 is 1.29 bits per heavy atom. The van der Waals surface area contributed by atoms with Gasteiger partial charge in [0.1, 0.15) is 0 Å². The molecule has 0 spiro atoms. The van der Waals surface area contributed by atoms with Gasteiger partial charge in [-0.2, -0.15) is 0 Å². The summed E-state index contributed by atoms with van der Waals surface area (Å²) in [4.78, 5) is 8.67. The standard InChI is InChI=1S/C21H36N4OS.HI/c1-4-22-21(23-17-18(2)27-20-9-6-5-7-10-20)24-19-11-14-25(15-12-19)13-8-16-26-3;/h5-7,9-10,18-19H,4,8,11-17H2,1-3H3,(H2,22,23,24);1H. The minimum absolute atomic E-state index is 0. The molecule has 0 amide bonds. The van der Waals surface area contributed by atoms with Crippen molar-refractivity contribution in [2.75, 3.05) is 46.4 Å². The van der Waals surface area contributed by atoms with Gasteiger partial charge in [-0.1, -0.05) is 25.1 Å². The van der Waals surface area contributed by atoms with Crippen molar-refractivity contribution in [1.82, 2.24) is 15.5 Å². The predicted molar refractivity (Wildman–Crippen MR) is 132 cm³/mol. The molecule has 0 radical (unpaired) electrons. The van der Waals surface area contributed by atoms with Gasteiger partial charge in [0, 0.05) is 56.1 Å². The SMILES string of the molecule is CCNC(=NCC(C)Sc1ccccc1)NC1CCN(CCCOC)CC1.I. The number of methoxy groups -OCH3 is 1. The maximum Gasteiger partial charge on any atom is 0.191 e. The quantitative estimate of drug-likeness (QED) is 0.162. The number of halogens is 1. The first-order valence-electron chi connectivity index (χ1n) is 10.2. The van der Waals surface area contributed by atoms with Crippen molar-refractivity contribution >= 4 is 41.7 Å². The molecule has 0 aliphatic carbocycles. The highest BCUT2D eigenvalue weighted by Crippen LogP contribution is 2.22. The Hall–Kier alpha value is -0.510. The van der Waals surface area contributed by atoms with E-state index in [9.17, 15) is 0 Å². The average molecular weight is 521 g/mol. The van der Waals surface area contributed by atoms with Crippen LogP contribution in [0.2, 0.25) is 0 Å². The fourth-order valence-electron chi connectivity index (χ4n) is 3.24. The van der Waals surface area contributed by atoms with Gasteiger partial charge in [0.15, 0.2) is 5.96 Å². The highest BCUT2D eigenvalue weighted by atomic mass is 127. The molecule has 7 heteroatoms. The van der Waals surface area contributed by atoms with Crippen molar-refractivity contribution in [2.45, 2.75) is 49.3 Å². The van der Waals surface area contributed by atoms with Crippen LogP contribution in [-0.4, -0.2) is 68.6 Å². The van der Waals surface area contributed by atoms with Crippen LogP contribution in [0.5, 0.6) is 0 Å². The molecule has 2 N–H and O–H groups in total. The maximum absolute atomic E-state index is 5.15. The van der Waals surface area contributed by atoms with Crippen LogP contribution in [0.15, 0.2) is 40.2 Å². The fourth-order valence-corrected chi connectivity index (χ4v) is 4.16. The van der Waals surface area contributed by atoms with Crippen molar-refractivity contribution in [3.63, 3.8) is 0 Å². The van der Waals surface area contributed by atoms with Crippen LogP contribution in [0.25, 0.3) is 0 Å². The molecule has 28 heavy (non-hydrogen) atoms. The van der Waals surface area contributed by atoms with Crippen LogP contribution in [0.4, 0.5) is 0 Å². The van der Waals surface area contributed by atoms with Crippen molar-refractivity contribution < 1.29 is 4.74 Å². The van der Waals surface area contributed by atoms with E-state index in [2.05, 4.69) is 59.7 Å². The molecule has 5 nitrogen and oxygen atoms in total. The molecule has 2 rings (SSSR count). The summed E-state index contributed by atoms with van der Waals surface area (Å²) in [7, 11) is 1.77. The molecular weight excluding hydrogens is 483 g/mol. The lowest BCUT2D eigenvalue weighted by Gasteiger charge is -2.33. The number of hydrogen-bond donors (Lipinski definition) is 2. The number of ether oxygens (including phenoxy) is 1. The fraction of sp³-hybridized carbons (Fsp3) is 0.667. The van der Waals surface area contributed by atoms with E-state index in [1.54, 1.807) is 7.11 Å². The number of guanidine groups is 1. The molecule has 1 saturated heterocycles. The molecule has 1 aromatic rings. The van der Waals surface area contributed by atoms with E-state index < -0.39 is 0 Å². The third kappa shape index (κ3) is 10.3. The van der Waals surface area contributed by atoms with Crippen LogP contribution in [0.3, 0.4) is 0 Å².